The van der Waals surface area contributed by atoms with Crippen LogP contribution in [0.3, 0.4) is 0 Å². The minimum atomic E-state index is 0.644. The van der Waals surface area contributed by atoms with E-state index in [0.717, 1.165) is 18.4 Å². The van der Waals surface area contributed by atoms with E-state index in [4.69, 9.17) is 4.74 Å². The van der Waals surface area contributed by atoms with Crippen LogP contribution >= 0.6 is 0 Å². The molecule has 0 heterocycles. The van der Waals surface area contributed by atoms with Gasteiger partial charge in [-0.15, -0.1) is 0 Å². The summed E-state index contributed by atoms with van der Waals surface area (Å²) in [6.45, 7) is 2.17. The number of methoxy groups -OCH3 is 1. The maximum absolute atomic E-state index is 5.15. The highest BCUT2D eigenvalue weighted by molar-refractivity contribution is 5.01. The highest BCUT2D eigenvalue weighted by Gasteiger charge is 2.49. The van der Waals surface area contributed by atoms with Gasteiger partial charge in [0.05, 0.1) is 0 Å². The summed E-state index contributed by atoms with van der Waals surface area (Å²) in [5, 5.41) is 3.44. The molecule has 0 aliphatic heterocycles. The molecule has 0 aromatic rings. The lowest BCUT2D eigenvalue weighted by atomic mass is 9.70. The Bertz CT molecular complexity index is 219. The van der Waals surface area contributed by atoms with Crippen molar-refractivity contribution in [2.75, 3.05) is 27.3 Å². The molecule has 16 heavy (non-hydrogen) atoms. The standard InChI is InChI=1S/C14H27NO/c1-15-11-14(7-3-4-8-16-2)10-12-5-6-13(14)9-12/h12-13,15H,3-11H2,1-2H3. The molecule has 2 rings (SSSR count). The number of rotatable bonds is 7. The molecule has 2 aliphatic rings. The summed E-state index contributed by atoms with van der Waals surface area (Å²) in [4.78, 5) is 0. The molecule has 2 heteroatoms. The van der Waals surface area contributed by atoms with Crippen molar-refractivity contribution in [2.24, 2.45) is 17.3 Å². The topological polar surface area (TPSA) is 21.3 Å². The van der Waals surface area contributed by atoms with Crippen molar-refractivity contribution in [3.63, 3.8) is 0 Å². The predicted octanol–water partition coefficient (Wildman–Crippen LogP) is 2.83. The van der Waals surface area contributed by atoms with Gasteiger partial charge in [-0.25, -0.2) is 0 Å². The maximum atomic E-state index is 5.15. The van der Waals surface area contributed by atoms with Gasteiger partial charge in [0.1, 0.15) is 0 Å². The van der Waals surface area contributed by atoms with Gasteiger partial charge >= 0.3 is 0 Å². The van der Waals surface area contributed by atoms with Crippen molar-refractivity contribution in [1.29, 1.82) is 0 Å². The first-order valence-electron chi connectivity index (χ1n) is 6.94. The van der Waals surface area contributed by atoms with Crippen LogP contribution < -0.4 is 5.32 Å². The third kappa shape index (κ3) is 2.43. The fourth-order valence-corrected chi connectivity index (χ4v) is 4.24. The third-order valence-electron chi connectivity index (χ3n) is 4.90. The molecule has 0 spiro atoms. The average molecular weight is 225 g/mol. The first-order valence-corrected chi connectivity index (χ1v) is 6.94. The molecule has 2 aliphatic carbocycles. The molecule has 0 aromatic carbocycles. The van der Waals surface area contributed by atoms with E-state index in [1.54, 1.807) is 7.11 Å². The van der Waals surface area contributed by atoms with Gasteiger partial charge in [-0.2, -0.15) is 0 Å². The van der Waals surface area contributed by atoms with Gasteiger partial charge in [0, 0.05) is 20.3 Å². The lowest BCUT2D eigenvalue weighted by Crippen LogP contribution is -2.37. The smallest absolute Gasteiger partial charge is 0.0462 e. The summed E-state index contributed by atoms with van der Waals surface area (Å²) in [6, 6.07) is 0. The van der Waals surface area contributed by atoms with Crippen LogP contribution in [-0.2, 0) is 4.74 Å². The van der Waals surface area contributed by atoms with Crippen molar-refractivity contribution in [2.45, 2.75) is 44.9 Å². The van der Waals surface area contributed by atoms with Crippen molar-refractivity contribution in [1.82, 2.24) is 5.32 Å². The quantitative estimate of drug-likeness (QED) is 0.673. The Hall–Kier alpha value is -0.0800. The second kappa shape index (κ2) is 5.50. The zero-order valence-electron chi connectivity index (χ0n) is 10.9. The molecule has 3 unspecified atom stereocenters. The highest BCUT2D eigenvalue weighted by Crippen LogP contribution is 2.57. The summed E-state index contributed by atoms with van der Waals surface area (Å²) in [5.74, 6) is 2.08. The van der Waals surface area contributed by atoms with Gasteiger partial charge in [0.15, 0.2) is 0 Å². The van der Waals surface area contributed by atoms with Crippen molar-refractivity contribution in [3.05, 3.63) is 0 Å². The molecule has 1 N–H and O–H groups in total. The minimum absolute atomic E-state index is 0.644. The van der Waals surface area contributed by atoms with Crippen LogP contribution in [0.25, 0.3) is 0 Å². The molecule has 0 radical (unpaired) electrons. The van der Waals surface area contributed by atoms with Crippen LogP contribution in [0.2, 0.25) is 0 Å². The Morgan fingerprint density at radius 1 is 1.31 bits per heavy atom. The number of hydrogen-bond acceptors (Lipinski definition) is 2. The Balaban J connectivity index is 1.84. The second-order valence-electron chi connectivity index (χ2n) is 5.92. The molecular weight excluding hydrogens is 198 g/mol. The third-order valence-corrected chi connectivity index (χ3v) is 4.90. The van der Waals surface area contributed by atoms with E-state index < -0.39 is 0 Å². The second-order valence-corrected chi connectivity index (χ2v) is 5.92. The van der Waals surface area contributed by atoms with Crippen LogP contribution in [0.1, 0.15) is 44.9 Å². The number of ether oxygens (including phenoxy) is 1. The fraction of sp³-hybridized carbons (Fsp3) is 1.00. The van der Waals surface area contributed by atoms with E-state index in [1.807, 2.05) is 0 Å². The summed E-state index contributed by atoms with van der Waals surface area (Å²) < 4.78 is 5.15. The van der Waals surface area contributed by atoms with Gasteiger partial charge in [-0.1, -0.05) is 12.8 Å². The first kappa shape index (κ1) is 12.4. The molecule has 0 saturated heterocycles. The fourth-order valence-electron chi connectivity index (χ4n) is 4.24. The van der Waals surface area contributed by atoms with E-state index in [9.17, 15) is 0 Å². The van der Waals surface area contributed by atoms with Gasteiger partial charge < -0.3 is 10.1 Å². The monoisotopic (exact) mass is 225 g/mol. The van der Waals surface area contributed by atoms with Crippen LogP contribution in [0.4, 0.5) is 0 Å². The summed E-state index contributed by atoms with van der Waals surface area (Å²) in [5.41, 5.74) is 0.644. The van der Waals surface area contributed by atoms with Crippen LogP contribution in [-0.4, -0.2) is 27.3 Å². The van der Waals surface area contributed by atoms with Crippen LogP contribution in [0, 0.1) is 17.3 Å². The van der Waals surface area contributed by atoms with Gasteiger partial charge in [-0.3, -0.25) is 0 Å². The van der Waals surface area contributed by atoms with E-state index >= 15 is 0 Å². The Labute approximate surface area is 100 Å². The molecule has 2 fully saturated rings. The lowest BCUT2D eigenvalue weighted by molar-refractivity contribution is 0.131. The number of unbranched alkanes of at least 4 members (excludes halogenated alkanes) is 1. The normalized spacial score (nSPS) is 37.1. The largest absolute Gasteiger partial charge is 0.385 e. The van der Waals surface area contributed by atoms with E-state index in [0.29, 0.717) is 5.41 Å². The summed E-state index contributed by atoms with van der Waals surface area (Å²) in [7, 11) is 3.92. The highest BCUT2D eigenvalue weighted by atomic mass is 16.5. The van der Waals surface area contributed by atoms with Crippen LogP contribution in [0.15, 0.2) is 0 Å². The van der Waals surface area contributed by atoms with E-state index in [2.05, 4.69) is 12.4 Å². The molecule has 2 nitrogen and oxygen atoms in total. The zero-order chi connectivity index (χ0) is 11.4. The zero-order valence-corrected chi connectivity index (χ0v) is 10.9. The predicted molar refractivity (Wildman–Crippen MR) is 67.5 cm³/mol. The molecule has 2 bridgehead atoms. The number of fused-ring (bicyclic) bond motifs is 2. The van der Waals surface area contributed by atoms with Crippen molar-refractivity contribution in [3.8, 4) is 0 Å². The molecule has 3 atom stereocenters. The molecule has 2 saturated carbocycles. The van der Waals surface area contributed by atoms with Gasteiger partial charge in [0.2, 0.25) is 0 Å². The maximum Gasteiger partial charge on any atom is 0.0462 e. The van der Waals surface area contributed by atoms with Crippen molar-refractivity contribution < 1.29 is 4.74 Å². The number of nitrogens with one attached hydrogen (secondary N) is 1. The summed E-state index contributed by atoms with van der Waals surface area (Å²) >= 11 is 0. The molecule has 0 amide bonds. The van der Waals surface area contributed by atoms with Gasteiger partial charge in [-0.05, 0) is 56.4 Å². The first-order chi connectivity index (χ1) is 7.80. The summed E-state index contributed by atoms with van der Waals surface area (Å²) in [6.07, 6.45) is 10.0. The van der Waals surface area contributed by atoms with E-state index in [-0.39, 0.29) is 0 Å². The molecular formula is C14H27NO. The lowest BCUT2D eigenvalue weighted by Gasteiger charge is -2.38. The Kier molecular flexibility index (Phi) is 4.26. The molecule has 0 aromatic heterocycles. The Morgan fingerprint density at radius 3 is 2.75 bits per heavy atom. The van der Waals surface area contributed by atoms with E-state index in [1.165, 1.54) is 51.5 Å². The van der Waals surface area contributed by atoms with Gasteiger partial charge in [0.25, 0.3) is 0 Å². The Morgan fingerprint density at radius 2 is 2.19 bits per heavy atom. The number of hydrogen-bond donors (Lipinski definition) is 1. The molecule has 94 valence electrons. The SMILES string of the molecule is CNCC1(CCCCOC)CC2CCC1C2. The van der Waals surface area contributed by atoms with Crippen LogP contribution in [0.5, 0.6) is 0 Å². The van der Waals surface area contributed by atoms with Crippen molar-refractivity contribution >= 4 is 0 Å². The average Bonchev–Trinajstić information content (AvgIpc) is 2.85. The minimum Gasteiger partial charge on any atom is -0.385 e.